The molecular formula is C22H28Cl2N2O3. The van der Waals surface area contributed by atoms with Gasteiger partial charge in [-0.05, 0) is 54.9 Å². The standard InChI is InChI=1S/C22H28Cl2N2O3/c1-27-21-14-18(15-25-7-2-8-26-9-11-28-12-10-26)13-20(24)22(21)29-16-17-3-5-19(23)6-4-17/h3-6,13-14,25H,2,7-12,15-16H2,1H3. The Morgan fingerprint density at radius 1 is 1.07 bits per heavy atom. The van der Waals surface area contributed by atoms with Crippen molar-refractivity contribution in [3.05, 3.63) is 57.6 Å². The first-order chi connectivity index (χ1) is 14.2. The van der Waals surface area contributed by atoms with Gasteiger partial charge in [-0.25, -0.2) is 0 Å². The maximum atomic E-state index is 6.47. The topological polar surface area (TPSA) is 43.0 Å². The molecule has 0 radical (unpaired) electrons. The minimum absolute atomic E-state index is 0.395. The number of ether oxygens (including phenoxy) is 3. The highest BCUT2D eigenvalue weighted by atomic mass is 35.5. The number of morpholine rings is 1. The summed E-state index contributed by atoms with van der Waals surface area (Å²) in [7, 11) is 1.63. The Morgan fingerprint density at radius 3 is 2.55 bits per heavy atom. The lowest BCUT2D eigenvalue weighted by molar-refractivity contribution is 0.0374. The van der Waals surface area contributed by atoms with Crippen LogP contribution >= 0.6 is 23.2 Å². The van der Waals surface area contributed by atoms with Crippen LogP contribution in [-0.2, 0) is 17.9 Å². The Labute approximate surface area is 182 Å². The van der Waals surface area contributed by atoms with Gasteiger partial charge in [-0.3, -0.25) is 4.90 Å². The first kappa shape index (κ1) is 22.2. The Hall–Kier alpha value is -1.50. The summed E-state index contributed by atoms with van der Waals surface area (Å²) in [5.41, 5.74) is 2.08. The maximum absolute atomic E-state index is 6.47. The van der Waals surface area contributed by atoms with Crippen LogP contribution in [0, 0.1) is 0 Å². The molecule has 2 aromatic rings. The van der Waals surface area contributed by atoms with Crippen LogP contribution in [-0.4, -0.2) is 51.4 Å². The quantitative estimate of drug-likeness (QED) is 0.557. The van der Waals surface area contributed by atoms with Crippen LogP contribution in [0.1, 0.15) is 17.5 Å². The van der Waals surface area contributed by atoms with Gasteiger partial charge >= 0.3 is 0 Å². The van der Waals surface area contributed by atoms with Crippen molar-refractivity contribution < 1.29 is 14.2 Å². The molecular weight excluding hydrogens is 411 g/mol. The van der Waals surface area contributed by atoms with Gasteiger partial charge in [-0.2, -0.15) is 0 Å². The van der Waals surface area contributed by atoms with Crippen molar-refractivity contribution in [1.29, 1.82) is 0 Å². The second-order valence-corrected chi connectivity index (χ2v) is 7.85. The smallest absolute Gasteiger partial charge is 0.180 e. The van der Waals surface area contributed by atoms with Crippen LogP contribution in [0.5, 0.6) is 11.5 Å². The lowest BCUT2D eigenvalue weighted by atomic mass is 10.2. The number of hydrogen-bond donors (Lipinski definition) is 1. The predicted octanol–water partition coefficient (Wildman–Crippen LogP) is 4.39. The number of rotatable bonds is 10. The Kier molecular flexibility index (Phi) is 8.90. The summed E-state index contributed by atoms with van der Waals surface area (Å²) >= 11 is 12.4. The van der Waals surface area contributed by atoms with E-state index in [-0.39, 0.29) is 0 Å². The molecule has 0 spiro atoms. The van der Waals surface area contributed by atoms with Crippen molar-refractivity contribution in [2.75, 3.05) is 46.5 Å². The number of hydrogen-bond acceptors (Lipinski definition) is 5. The first-order valence-corrected chi connectivity index (χ1v) is 10.7. The van der Waals surface area contributed by atoms with E-state index in [0.29, 0.717) is 28.2 Å². The molecule has 1 fully saturated rings. The molecule has 1 aliphatic heterocycles. The van der Waals surface area contributed by atoms with Crippen molar-refractivity contribution >= 4 is 23.2 Å². The molecule has 3 rings (SSSR count). The van der Waals surface area contributed by atoms with Crippen LogP contribution in [0.3, 0.4) is 0 Å². The normalized spacial score (nSPS) is 14.7. The van der Waals surface area contributed by atoms with Crippen LogP contribution in [0.4, 0.5) is 0 Å². The molecule has 0 unspecified atom stereocenters. The number of methoxy groups -OCH3 is 1. The average molecular weight is 439 g/mol. The van der Waals surface area contributed by atoms with E-state index in [2.05, 4.69) is 10.2 Å². The lowest BCUT2D eigenvalue weighted by Gasteiger charge is -2.26. The molecule has 1 aliphatic rings. The average Bonchev–Trinajstić information content (AvgIpc) is 2.74. The van der Waals surface area contributed by atoms with E-state index >= 15 is 0 Å². The fourth-order valence-corrected chi connectivity index (χ4v) is 3.65. The molecule has 1 heterocycles. The van der Waals surface area contributed by atoms with Gasteiger partial charge in [0.05, 0.1) is 25.3 Å². The molecule has 7 heteroatoms. The van der Waals surface area contributed by atoms with E-state index in [4.69, 9.17) is 37.4 Å². The molecule has 0 amide bonds. The van der Waals surface area contributed by atoms with Gasteiger partial charge in [0.1, 0.15) is 6.61 Å². The fraction of sp³-hybridized carbons (Fsp3) is 0.455. The molecule has 0 bridgehead atoms. The summed E-state index contributed by atoms with van der Waals surface area (Å²) in [6.45, 7) is 6.93. The summed E-state index contributed by atoms with van der Waals surface area (Å²) < 4.78 is 16.8. The van der Waals surface area contributed by atoms with Gasteiger partial charge in [0, 0.05) is 24.7 Å². The summed E-state index contributed by atoms with van der Waals surface area (Å²) in [4.78, 5) is 2.44. The van der Waals surface area contributed by atoms with E-state index in [1.165, 1.54) is 0 Å². The van der Waals surface area contributed by atoms with Gasteiger partial charge in [0.25, 0.3) is 0 Å². The van der Waals surface area contributed by atoms with Crippen molar-refractivity contribution in [3.8, 4) is 11.5 Å². The zero-order chi connectivity index (χ0) is 20.5. The van der Waals surface area contributed by atoms with Crippen molar-refractivity contribution in [2.24, 2.45) is 0 Å². The Bertz CT molecular complexity index is 765. The zero-order valence-corrected chi connectivity index (χ0v) is 18.3. The van der Waals surface area contributed by atoms with E-state index in [9.17, 15) is 0 Å². The molecule has 158 valence electrons. The highest BCUT2D eigenvalue weighted by molar-refractivity contribution is 6.32. The Balaban J connectivity index is 1.48. The fourth-order valence-electron chi connectivity index (χ4n) is 3.24. The molecule has 1 N–H and O–H groups in total. The van der Waals surface area contributed by atoms with Gasteiger partial charge in [-0.15, -0.1) is 0 Å². The molecule has 0 atom stereocenters. The minimum Gasteiger partial charge on any atom is -0.493 e. The van der Waals surface area contributed by atoms with Crippen LogP contribution in [0.15, 0.2) is 36.4 Å². The van der Waals surface area contributed by atoms with Gasteiger partial charge in [0.2, 0.25) is 0 Å². The predicted molar refractivity (Wildman–Crippen MR) is 117 cm³/mol. The van der Waals surface area contributed by atoms with Gasteiger partial charge < -0.3 is 19.5 Å². The van der Waals surface area contributed by atoms with E-state index in [1.54, 1.807) is 7.11 Å². The summed E-state index contributed by atoms with van der Waals surface area (Å²) in [5.74, 6) is 1.19. The molecule has 0 aromatic heterocycles. The highest BCUT2D eigenvalue weighted by Gasteiger charge is 2.13. The second kappa shape index (κ2) is 11.6. The summed E-state index contributed by atoms with van der Waals surface area (Å²) in [6, 6.07) is 11.4. The second-order valence-electron chi connectivity index (χ2n) is 7.01. The first-order valence-electron chi connectivity index (χ1n) is 9.90. The monoisotopic (exact) mass is 438 g/mol. The van der Waals surface area contributed by atoms with Gasteiger partial charge in [-0.1, -0.05) is 35.3 Å². The third-order valence-corrected chi connectivity index (χ3v) is 5.38. The van der Waals surface area contributed by atoms with Crippen molar-refractivity contribution in [3.63, 3.8) is 0 Å². The molecule has 0 saturated carbocycles. The van der Waals surface area contributed by atoms with E-state index in [0.717, 1.165) is 63.5 Å². The largest absolute Gasteiger partial charge is 0.493 e. The van der Waals surface area contributed by atoms with E-state index < -0.39 is 0 Å². The minimum atomic E-state index is 0.395. The zero-order valence-electron chi connectivity index (χ0n) is 16.8. The van der Waals surface area contributed by atoms with Crippen molar-refractivity contribution in [2.45, 2.75) is 19.6 Å². The van der Waals surface area contributed by atoms with Gasteiger partial charge in [0.15, 0.2) is 11.5 Å². The lowest BCUT2D eigenvalue weighted by Crippen LogP contribution is -2.37. The van der Waals surface area contributed by atoms with Crippen LogP contribution in [0.2, 0.25) is 10.0 Å². The number of nitrogens with one attached hydrogen (secondary N) is 1. The van der Waals surface area contributed by atoms with Crippen LogP contribution < -0.4 is 14.8 Å². The molecule has 5 nitrogen and oxygen atoms in total. The molecule has 2 aromatic carbocycles. The number of nitrogens with zero attached hydrogens (tertiary/aromatic N) is 1. The third-order valence-electron chi connectivity index (χ3n) is 4.85. The Morgan fingerprint density at radius 2 is 1.83 bits per heavy atom. The van der Waals surface area contributed by atoms with Crippen LogP contribution in [0.25, 0.3) is 0 Å². The third kappa shape index (κ3) is 7.05. The highest BCUT2D eigenvalue weighted by Crippen LogP contribution is 2.37. The van der Waals surface area contributed by atoms with E-state index in [1.807, 2.05) is 36.4 Å². The number of benzene rings is 2. The SMILES string of the molecule is COc1cc(CNCCCN2CCOCC2)cc(Cl)c1OCc1ccc(Cl)cc1. The maximum Gasteiger partial charge on any atom is 0.180 e. The molecule has 1 saturated heterocycles. The molecule has 0 aliphatic carbocycles. The summed E-state index contributed by atoms with van der Waals surface area (Å²) in [6.07, 6.45) is 1.10. The van der Waals surface area contributed by atoms with Crippen molar-refractivity contribution in [1.82, 2.24) is 10.2 Å². The summed E-state index contributed by atoms with van der Waals surface area (Å²) in [5, 5.41) is 4.72. The number of halogens is 2. The molecule has 29 heavy (non-hydrogen) atoms.